The van der Waals surface area contributed by atoms with Crippen LogP contribution in [0.1, 0.15) is 11.4 Å². The van der Waals surface area contributed by atoms with E-state index in [1.807, 2.05) is 28.7 Å². The number of para-hydroxylation sites is 1. The van der Waals surface area contributed by atoms with Crippen molar-refractivity contribution in [1.29, 1.82) is 5.26 Å². The van der Waals surface area contributed by atoms with E-state index in [0.717, 1.165) is 0 Å². The molecule has 1 heterocycles. The van der Waals surface area contributed by atoms with Gasteiger partial charge in [-0.2, -0.15) is 5.26 Å². The van der Waals surface area contributed by atoms with Crippen LogP contribution in [-0.2, 0) is 5.88 Å². The number of benzene rings is 2. The van der Waals surface area contributed by atoms with E-state index in [9.17, 15) is 9.65 Å². The third kappa shape index (κ3) is 2.39. The van der Waals surface area contributed by atoms with Gasteiger partial charge < -0.3 is 0 Å². The van der Waals surface area contributed by atoms with Gasteiger partial charge in [0, 0.05) is 6.07 Å². The summed E-state index contributed by atoms with van der Waals surface area (Å²) in [6.07, 6.45) is 0. The average Bonchev–Trinajstić information content (AvgIpc) is 2.85. The molecule has 3 rings (SSSR count). The Bertz CT molecular complexity index is 882. The minimum absolute atomic E-state index is 0.173. The standard InChI is InChI=1S/C15H8ClFIN3/c16-7-15-20-12-6-11(18)10(17)5-14(12)21(15)13-4-2-1-3-9(13)8-19/h1-6H,7H2. The Labute approximate surface area is 139 Å². The SMILES string of the molecule is N#Cc1ccccc1-n1c(CCl)nc2cc(I)c(F)cc21. The van der Waals surface area contributed by atoms with Crippen LogP contribution < -0.4 is 0 Å². The molecule has 0 saturated carbocycles. The molecule has 0 aliphatic heterocycles. The normalized spacial score (nSPS) is 10.8. The first kappa shape index (κ1) is 14.3. The monoisotopic (exact) mass is 411 g/mol. The van der Waals surface area contributed by atoms with Gasteiger partial charge in [0.15, 0.2) is 0 Å². The van der Waals surface area contributed by atoms with Gasteiger partial charge in [-0.15, -0.1) is 11.6 Å². The van der Waals surface area contributed by atoms with Crippen molar-refractivity contribution in [3.63, 3.8) is 0 Å². The third-order valence-electron chi connectivity index (χ3n) is 3.15. The molecular weight excluding hydrogens is 404 g/mol. The second-order valence-corrected chi connectivity index (χ2v) is 5.81. The van der Waals surface area contributed by atoms with Crippen LogP contribution >= 0.6 is 34.2 Å². The van der Waals surface area contributed by atoms with Crippen LogP contribution in [0.5, 0.6) is 0 Å². The van der Waals surface area contributed by atoms with Crippen LogP contribution in [0.15, 0.2) is 36.4 Å². The highest BCUT2D eigenvalue weighted by Crippen LogP contribution is 2.27. The summed E-state index contributed by atoms with van der Waals surface area (Å²) >= 11 is 7.89. The first-order valence-electron chi connectivity index (χ1n) is 6.07. The molecule has 0 radical (unpaired) electrons. The fraction of sp³-hybridized carbons (Fsp3) is 0.0667. The molecule has 0 atom stereocenters. The van der Waals surface area contributed by atoms with Crippen LogP contribution in [0, 0.1) is 20.7 Å². The van der Waals surface area contributed by atoms with Crippen LogP contribution in [0.3, 0.4) is 0 Å². The number of halogens is 3. The number of hydrogen-bond acceptors (Lipinski definition) is 2. The Hall–Kier alpha value is -1.65. The maximum Gasteiger partial charge on any atom is 0.138 e. The Balaban J connectivity index is 2.41. The van der Waals surface area contributed by atoms with Gasteiger partial charge in [-0.25, -0.2) is 9.37 Å². The average molecular weight is 412 g/mol. The molecule has 0 spiro atoms. The van der Waals surface area contributed by atoms with Crippen molar-refractivity contribution in [3.8, 4) is 11.8 Å². The molecule has 6 heteroatoms. The largest absolute Gasteiger partial charge is 0.294 e. The quantitative estimate of drug-likeness (QED) is 0.464. The molecule has 0 aliphatic rings. The third-order valence-corrected chi connectivity index (χ3v) is 4.22. The van der Waals surface area contributed by atoms with E-state index < -0.39 is 0 Å². The molecular formula is C15H8ClFIN3. The molecule has 0 fully saturated rings. The zero-order chi connectivity index (χ0) is 15.0. The van der Waals surface area contributed by atoms with Gasteiger partial charge in [0.2, 0.25) is 0 Å². The lowest BCUT2D eigenvalue weighted by molar-refractivity contribution is 0.622. The van der Waals surface area contributed by atoms with Gasteiger partial charge >= 0.3 is 0 Å². The molecule has 0 amide bonds. The Kier molecular flexibility index (Phi) is 3.83. The molecule has 21 heavy (non-hydrogen) atoms. The summed E-state index contributed by atoms with van der Waals surface area (Å²) in [5.41, 5.74) is 2.40. The highest BCUT2D eigenvalue weighted by atomic mass is 127. The number of fused-ring (bicyclic) bond motifs is 1. The lowest BCUT2D eigenvalue weighted by Gasteiger charge is -2.09. The summed E-state index contributed by atoms with van der Waals surface area (Å²) in [4.78, 5) is 4.44. The van der Waals surface area contributed by atoms with Crippen LogP contribution in [0.4, 0.5) is 4.39 Å². The van der Waals surface area contributed by atoms with E-state index in [-0.39, 0.29) is 11.7 Å². The van der Waals surface area contributed by atoms with Gasteiger partial charge in [-0.05, 0) is 40.8 Å². The van der Waals surface area contributed by atoms with Crippen molar-refractivity contribution >= 4 is 45.2 Å². The lowest BCUT2D eigenvalue weighted by Crippen LogP contribution is -2.02. The van der Waals surface area contributed by atoms with Crippen molar-refractivity contribution in [2.75, 3.05) is 0 Å². The molecule has 104 valence electrons. The van der Waals surface area contributed by atoms with Crippen molar-refractivity contribution in [2.45, 2.75) is 5.88 Å². The summed E-state index contributed by atoms with van der Waals surface area (Å²) in [5.74, 6) is 0.433. The fourth-order valence-corrected chi connectivity index (χ4v) is 2.87. The summed E-state index contributed by atoms with van der Waals surface area (Å²) in [7, 11) is 0. The lowest BCUT2D eigenvalue weighted by atomic mass is 10.2. The summed E-state index contributed by atoms with van der Waals surface area (Å²) < 4.78 is 16.1. The highest BCUT2D eigenvalue weighted by molar-refractivity contribution is 14.1. The second-order valence-electron chi connectivity index (χ2n) is 4.38. The smallest absolute Gasteiger partial charge is 0.138 e. The number of aromatic nitrogens is 2. The summed E-state index contributed by atoms with van der Waals surface area (Å²) in [6, 6.07) is 12.4. The molecule has 0 saturated heterocycles. The van der Waals surface area contributed by atoms with Crippen LogP contribution in [0.2, 0.25) is 0 Å². The van der Waals surface area contributed by atoms with E-state index in [1.165, 1.54) is 6.07 Å². The Morgan fingerprint density at radius 1 is 1.33 bits per heavy atom. The molecule has 3 aromatic rings. The summed E-state index contributed by atoms with van der Waals surface area (Å²) in [6.45, 7) is 0. The molecule has 0 aliphatic carbocycles. The second kappa shape index (κ2) is 5.62. The van der Waals surface area contributed by atoms with Gasteiger partial charge in [0.1, 0.15) is 17.7 Å². The molecule has 0 N–H and O–H groups in total. The molecule has 3 nitrogen and oxygen atoms in total. The molecule has 0 unspecified atom stereocenters. The Morgan fingerprint density at radius 3 is 2.81 bits per heavy atom. The van der Waals surface area contributed by atoms with Crippen molar-refractivity contribution in [2.24, 2.45) is 0 Å². The number of rotatable bonds is 2. The van der Waals surface area contributed by atoms with E-state index >= 15 is 0 Å². The van der Waals surface area contributed by atoms with Crippen molar-refractivity contribution in [1.82, 2.24) is 9.55 Å². The predicted molar refractivity (Wildman–Crippen MR) is 88.0 cm³/mol. The summed E-state index contributed by atoms with van der Waals surface area (Å²) in [5, 5.41) is 9.26. The maximum atomic E-state index is 13.9. The molecule has 2 aromatic carbocycles. The first-order valence-corrected chi connectivity index (χ1v) is 7.69. The molecule has 0 bridgehead atoms. The van der Waals surface area contributed by atoms with Crippen LogP contribution in [-0.4, -0.2) is 9.55 Å². The van der Waals surface area contributed by atoms with Gasteiger partial charge in [-0.1, -0.05) is 12.1 Å². The number of imidazole rings is 1. The zero-order valence-corrected chi connectivity index (χ0v) is 13.6. The van der Waals surface area contributed by atoms with E-state index in [1.54, 1.807) is 28.8 Å². The number of alkyl halides is 1. The Morgan fingerprint density at radius 2 is 2.10 bits per heavy atom. The highest BCUT2D eigenvalue weighted by Gasteiger charge is 2.16. The molecule has 1 aromatic heterocycles. The van der Waals surface area contributed by atoms with Crippen molar-refractivity contribution in [3.05, 3.63) is 57.2 Å². The van der Waals surface area contributed by atoms with Crippen molar-refractivity contribution < 1.29 is 4.39 Å². The van der Waals surface area contributed by atoms with Gasteiger partial charge in [0.05, 0.1) is 31.7 Å². The minimum atomic E-state index is -0.320. The van der Waals surface area contributed by atoms with Crippen LogP contribution in [0.25, 0.3) is 16.7 Å². The fourth-order valence-electron chi connectivity index (χ4n) is 2.24. The number of hydrogen-bond donors (Lipinski definition) is 0. The zero-order valence-electron chi connectivity index (χ0n) is 10.6. The maximum absolute atomic E-state index is 13.9. The predicted octanol–water partition coefficient (Wildman–Crippen LogP) is 4.38. The number of nitriles is 1. The van der Waals surface area contributed by atoms with E-state index in [2.05, 4.69) is 11.1 Å². The van der Waals surface area contributed by atoms with E-state index in [0.29, 0.717) is 31.7 Å². The van der Waals surface area contributed by atoms with E-state index in [4.69, 9.17) is 11.6 Å². The topological polar surface area (TPSA) is 41.6 Å². The van der Waals surface area contributed by atoms with Gasteiger partial charge in [-0.3, -0.25) is 4.57 Å². The number of nitrogens with zero attached hydrogens (tertiary/aromatic N) is 3. The first-order chi connectivity index (χ1) is 10.2. The minimum Gasteiger partial charge on any atom is -0.294 e. The van der Waals surface area contributed by atoms with Gasteiger partial charge in [0.25, 0.3) is 0 Å².